The molecule has 0 bridgehead atoms. The van der Waals surface area contributed by atoms with Gasteiger partial charge in [0.2, 0.25) is 0 Å². The molecular formula is C18H22N2O. The molecule has 21 heavy (non-hydrogen) atoms. The number of hydrogen-bond acceptors (Lipinski definition) is 2. The fraction of sp³-hybridized carbons (Fsp3) is 0.278. The Kier molecular flexibility index (Phi) is 5.12. The summed E-state index contributed by atoms with van der Waals surface area (Å²) in [5.74, 6) is -0.0530. The molecule has 0 aliphatic heterocycles. The van der Waals surface area contributed by atoms with Crippen molar-refractivity contribution in [1.29, 1.82) is 0 Å². The van der Waals surface area contributed by atoms with Crippen LogP contribution in [0.4, 0.5) is 0 Å². The zero-order valence-electron chi connectivity index (χ0n) is 12.8. The molecule has 0 radical (unpaired) electrons. The van der Waals surface area contributed by atoms with E-state index in [1.165, 1.54) is 16.7 Å². The van der Waals surface area contributed by atoms with Crippen LogP contribution in [0, 0.1) is 6.92 Å². The number of hydrogen-bond donors (Lipinski definition) is 2. The van der Waals surface area contributed by atoms with Crippen molar-refractivity contribution >= 4 is 5.91 Å². The van der Waals surface area contributed by atoms with Crippen molar-refractivity contribution in [3.05, 3.63) is 70.8 Å². The van der Waals surface area contributed by atoms with Crippen molar-refractivity contribution in [3.8, 4) is 0 Å². The van der Waals surface area contributed by atoms with Gasteiger partial charge < -0.3 is 10.6 Å². The molecule has 2 aromatic rings. The van der Waals surface area contributed by atoms with Crippen LogP contribution in [0.25, 0.3) is 0 Å². The molecule has 2 rings (SSSR count). The second-order valence-corrected chi connectivity index (χ2v) is 5.24. The maximum atomic E-state index is 11.5. The first-order valence-electron chi connectivity index (χ1n) is 7.21. The molecule has 0 unspecified atom stereocenters. The number of rotatable bonds is 5. The maximum absolute atomic E-state index is 11.5. The van der Waals surface area contributed by atoms with Gasteiger partial charge >= 0.3 is 0 Å². The Morgan fingerprint density at radius 1 is 1.10 bits per heavy atom. The van der Waals surface area contributed by atoms with Crippen LogP contribution in [-0.4, -0.2) is 13.0 Å². The summed E-state index contributed by atoms with van der Waals surface area (Å²) >= 11 is 0. The Morgan fingerprint density at radius 3 is 2.38 bits per heavy atom. The van der Waals surface area contributed by atoms with E-state index in [0.29, 0.717) is 11.6 Å². The lowest BCUT2D eigenvalue weighted by Gasteiger charge is -2.16. The second kappa shape index (κ2) is 7.04. The fourth-order valence-electron chi connectivity index (χ4n) is 2.37. The number of amides is 1. The van der Waals surface area contributed by atoms with E-state index in [9.17, 15) is 4.79 Å². The van der Waals surface area contributed by atoms with Gasteiger partial charge in [-0.2, -0.15) is 0 Å². The first kappa shape index (κ1) is 15.3. The second-order valence-electron chi connectivity index (χ2n) is 5.24. The first-order valence-corrected chi connectivity index (χ1v) is 7.21. The average molecular weight is 282 g/mol. The molecule has 110 valence electrons. The third kappa shape index (κ3) is 3.92. The van der Waals surface area contributed by atoms with Crippen molar-refractivity contribution in [2.24, 2.45) is 0 Å². The lowest BCUT2D eigenvalue weighted by atomic mass is 10.0. The van der Waals surface area contributed by atoms with Gasteiger partial charge in [-0.25, -0.2) is 0 Å². The van der Waals surface area contributed by atoms with Gasteiger partial charge in [0.05, 0.1) is 0 Å². The highest BCUT2D eigenvalue weighted by Gasteiger charge is 2.07. The molecule has 2 N–H and O–H groups in total. The summed E-state index contributed by atoms with van der Waals surface area (Å²) in [4.78, 5) is 11.5. The minimum absolute atomic E-state index is 0.0530. The van der Waals surface area contributed by atoms with Gasteiger partial charge in [0.25, 0.3) is 5.91 Å². The third-order valence-corrected chi connectivity index (χ3v) is 3.71. The Morgan fingerprint density at radius 2 is 1.76 bits per heavy atom. The van der Waals surface area contributed by atoms with E-state index in [1.807, 2.05) is 24.3 Å². The van der Waals surface area contributed by atoms with E-state index in [0.717, 1.165) is 6.54 Å². The van der Waals surface area contributed by atoms with Gasteiger partial charge in [0, 0.05) is 25.2 Å². The SMILES string of the molecule is CNC(=O)c1ccc(CN[C@H](C)c2ccccc2C)cc1. The quantitative estimate of drug-likeness (QED) is 0.884. The zero-order valence-corrected chi connectivity index (χ0v) is 12.8. The molecule has 1 atom stereocenters. The number of carbonyl (C=O) groups is 1. The smallest absolute Gasteiger partial charge is 0.251 e. The van der Waals surface area contributed by atoms with Crippen molar-refractivity contribution in [2.75, 3.05) is 7.05 Å². The summed E-state index contributed by atoms with van der Waals surface area (Å²) < 4.78 is 0. The van der Waals surface area contributed by atoms with Crippen molar-refractivity contribution < 1.29 is 4.79 Å². The van der Waals surface area contributed by atoms with Crippen LogP contribution in [0.2, 0.25) is 0 Å². The number of carbonyl (C=O) groups excluding carboxylic acids is 1. The Labute approximate surface area is 126 Å². The highest BCUT2D eigenvalue weighted by Crippen LogP contribution is 2.17. The van der Waals surface area contributed by atoms with E-state index in [1.54, 1.807) is 7.05 Å². The number of benzene rings is 2. The van der Waals surface area contributed by atoms with Crippen molar-refractivity contribution in [3.63, 3.8) is 0 Å². The van der Waals surface area contributed by atoms with Crippen LogP contribution in [0.15, 0.2) is 48.5 Å². The minimum Gasteiger partial charge on any atom is -0.355 e. The largest absolute Gasteiger partial charge is 0.355 e. The predicted molar refractivity (Wildman–Crippen MR) is 86.3 cm³/mol. The van der Waals surface area contributed by atoms with Crippen LogP contribution in [0.1, 0.15) is 40.0 Å². The summed E-state index contributed by atoms with van der Waals surface area (Å²) in [6.45, 7) is 5.08. The van der Waals surface area contributed by atoms with Crippen molar-refractivity contribution in [2.45, 2.75) is 26.4 Å². The molecule has 0 aliphatic rings. The first-order chi connectivity index (χ1) is 10.1. The lowest BCUT2D eigenvalue weighted by Crippen LogP contribution is -2.19. The molecule has 1 amide bonds. The maximum Gasteiger partial charge on any atom is 0.251 e. The zero-order chi connectivity index (χ0) is 15.2. The monoisotopic (exact) mass is 282 g/mol. The topological polar surface area (TPSA) is 41.1 Å². The third-order valence-electron chi connectivity index (χ3n) is 3.71. The summed E-state index contributed by atoms with van der Waals surface area (Å²) in [6.07, 6.45) is 0. The van der Waals surface area contributed by atoms with E-state index >= 15 is 0 Å². The van der Waals surface area contributed by atoms with Gasteiger partial charge in [0.15, 0.2) is 0 Å². The van der Waals surface area contributed by atoms with E-state index in [2.05, 4.69) is 48.7 Å². The Hall–Kier alpha value is -2.13. The normalized spacial score (nSPS) is 12.0. The Bertz CT molecular complexity index is 605. The van der Waals surface area contributed by atoms with E-state index < -0.39 is 0 Å². The van der Waals surface area contributed by atoms with Gasteiger partial charge in [0.1, 0.15) is 0 Å². The van der Waals surface area contributed by atoms with E-state index in [4.69, 9.17) is 0 Å². The standard InChI is InChI=1S/C18H22N2O/c1-13-6-4-5-7-17(13)14(2)20-12-15-8-10-16(11-9-15)18(21)19-3/h4-11,14,20H,12H2,1-3H3,(H,19,21)/t14-/m1/s1. The van der Waals surface area contributed by atoms with Crippen LogP contribution in [-0.2, 0) is 6.54 Å². The minimum atomic E-state index is -0.0530. The average Bonchev–Trinajstić information content (AvgIpc) is 2.52. The molecule has 0 saturated carbocycles. The number of nitrogens with one attached hydrogen (secondary N) is 2. The predicted octanol–water partition coefficient (Wildman–Crippen LogP) is 3.21. The summed E-state index contributed by atoms with van der Waals surface area (Å²) in [6, 6.07) is 16.4. The Balaban J connectivity index is 1.97. The molecule has 0 saturated heterocycles. The highest BCUT2D eigenvalue weighted by atomic mass is 16.1. The molecule has 0 spiro atoms. The van der Waals surface area contributed by atoms with Crippen LogP contribution in [0.5, 0.6) is 0 Å². The molecular weight excluding hydrogens is 260 g/mol. The van der Waals surface area contributed by atoms with Gasteiger partial charge in [-0.3, -0.25) is 4.79 Å². The molecule has 3 nitrogen and oxygen atoms in total. The van der Waals surface area contributed by atoms with Gasteiger partial charge in [-0.15, -0.1) is 0 Å². The summed E-state index contributed by atoms with van der Waals surface area (Å²) in [7, 11) is 1.64. The van der Waals surface area contributed by atoms with Crippen molar-refractivity contribution in [1.82, 2.24) is 10.6 Å². The van der Waals surface area contributed by atoms with Crippen LogP contribution >= 0.6 is 0 Å². The van der Waals surface area contributed by atoms with Gasteiger partial charge in [-0.1, -0.05) is 36.4 Å². The van der Waals surface area contributed by atoms with Crippen LogP contribution in [0.3, 0.4) is 0 Å². The van der Waals surface area contributed by atoms with E-state index in [-0.39, 0.29) is 5.91 Å². The van der Waals surface area contributed by atoms with Crippen LogP contribution < -0.4 is 10.6 Å². The molecule has 0 fully saturated rings. The molecule has 0 heterocycles. The molecule has 2 aromatic carbocycles. The highest BCUT2D eigenvalue weighted by molar-refractivity contribution is 5.93. The summed E-state index contributed by atoms with van der Waals surface area (Å²) in [5.41, 5.74) is 4.48. The lowest BCUT2D eigenvalue weighted by molar-refractivity contribution is 0.0963. The summed E-state index contributed by atoms with van der Waals surface area (Å²) in [5, 5.41) is 6.14. The number of aryl methyl sites for hydroxylation is 1. The fourth-order valence-corrected chi connectivity index (χ4v) is 2.37. The molecule has 0 aromatic heterocycles. The molecule has 3 heteroatoms. The van der Waals surface area contributed by atoms with Gasteiger partial charge in [-0.05, 0) is 42.7 Å². The molecule has 0 aliphatic carbocycles.